The molecule has 0 aliphatic carbocycles. The van der Waals surface area contributed by atoms with E-state index < -0.39 is 10.8 Å². The minimum absolute atomic E-state index is 0.0636. The van der Waals surface area contributed by atoms with Crippen LogP contribution in [0.3, 0.4) is 0 Å². The zero-order chi connectivity index (χ0) is 40.9. The van der Waals surface area contributed by atoms with Crippen LogP contribution in [0.15, 0.2) is 0 Å². The summed E-state index contributed by atoms with van der Waals surface area (Å²) >= 11 is 0. The molecule has 56 heavy (non-hydrogen) atoms. The summed E-state index contributed by atoms with van der Waals surface area (Å²) in [6.45, 7) is 9.77. The third kappa shape index (κ3) is 35.6. The first kappa shape index (κ1) is 55.7. The summed E-state index contributed by atoms with van der Waals surface area (Å²) in [5.41, 5.74) is -1.58. The van der Waals surface area contributed by atoms with E-state index in [0.717, 1.165) is 19.3 Å². The van der Waals surface area contributed by atoms with Gasteiger partial charge in [0.15, 0.2) is 0 Å². The molecule has 7 heteroatoms. The lowest BCUT2D eigenvalue weighted by molar-refractivity contribution is -0.129. The molecular weight excluding hydrogens is 701 g/mol. The minimum atomic E-state index is -1.07. The Kier molecular flexibility index (Phi) is 44.1. The molecule has 0 aromatic heterocycles. The van der Waals surface area contributed by atoms with Crippen molar-refractivity contribution in [1.82, 2.24) is 0 Å². The average Bonchev–Trinajstić information content (AvgIpc) is 3.22. The maximum atomic E-state index is 9.94. The number of aliphatic hydroxyl groups excluding tert-OH is 3. The molecule has 0 aliphatic rings. The molecule has 0 aromatic rings. The van der Waals surface area contributed by atoms with E-state index in [1.807, 2.05) is 0 Å². The highest BCUT2D eigenvalue weighted by molar-refractivity contribution is 4.82. The van der Waals surface area contributed by atoms with Gasteiger partial charge in [-0.2, -0.15) is 0 Å². The third-order valence-electron chi connectivity index (χ3n) is 11.7. The first-order valence-corrected chi connectivity index (χ1v) is 24.7. The standard InChI is InChI=1S/C49H100O7/c1-4-7-10-13-16-19-22-25-28-31-34-37-53-44-49(47-56-43-48(40-50,41-51)42-52,45-54-38-35-32-29-26-23-20-17-14-11-8-5-2)46-55-39-36-33-30-27-24-21-18-15-12-9-6-3/h50-52H,4-47H2,1-3H3. The van der Waals surface area contributed by atoms with E-state index in [1.54, 1.807) is 0 Å². The van der Waals surface area contributed by atoms with Crippen LogP contribution in [-0.4, -0.2) is 88.0 Å². The van der Waals surface area contributed by atoms with Gasteiger partial charge in [-0.05, 0) is 19.3 Å². The summed E-state index contributed by atoms with van der Waals surface area (Å²) in [6.07, 6.45) is 43.1. The first-order chi connectivity index (χ1) is 27.6. The van der Waals surface area contributed by atoms with Gasteiger partial charge in [0.2, 0.25) is 0 Å². The van der Waals surface area contributed by atoms with Gasteiger partial charge >= 0.3 is 0 Å². The van der Waals surface area contributed by atoms with Crippen molar-refractivity contribution in [3.05, 3.63) is 0 Å². The van der Waals surface area contributed by atoms with Crippen molar-refractivity contribution in [2.75, 3.05) is 72.7 Å². The van der Waals surface area contributed by atoms with Gasteiger partial charge in [-0.1, -0.05) is 213 Å². The summed E-state index contributed by atoms with van der Waals surface area (Å²) in [7, 11) is 0. The van der Waals surface area contributed by atoms with E-state index in [1.165, 1.54) is 193 Å². The predicted octanol–water partition coefficient (Wildman–Crippen LogP) is 12.9. The number of hydrogen-bond donors (Lipinski definition) is 3. The Morgan fingerprint density at radius 1 is 0.250 bits per heavy atom. The van der Waals surface area contributed by atoms with E-state index in [2.05, 4.69) is 20.8 Å². The Balaban J connectivity index is 4.99. The summed E-state index contributed by atoms with van der Waals surface area (Å²) < 4.78 is 25.4. The Morgan fingerprint density at radius 2 is 0.446 bits per heavy atom. The van der Waals surface area contributed by atoms with E-state index in [-0.39, 0.29) is 26.4 Å². The van der Waals surface area contributed by atoms with Crippen LogP contribution in [0.2, 0.25) is 0 Å². The van der Waals surface area contributed by atoms with Gasteiger partial charge in [0, 0.05) is 19.8 Å². The summed E-state index contributed by atoms with van der Waals surface area (Å²) in [5.74, 6) is 0. The lowest BCUT2D eigenvalue weighted by Gasteiger charge is -2.35. The van der Waals surface area contributed by atoms with Crippen LogP contribution < -0.4 is 0 Å². The third-order valence-corrected chi connectivity index (χ3v) is 11.7. The van der Waals surface area contributed by atoms with E-state index in [9.17, 15) is 15.3 Å². The summed E-state index contributed by atoms with van der Waals surface area (Å²) in [6, 6.07) is 0. The Hall–Kier alpha value is -0.280. The zero-order valence-corrected chi connectivity index (χ0v) is 38.1. The minimum Gasteiger partial charge on any atom is -0.396 e. The molecule has 0 heterocycles. The first-order valence-electron chi connectivity index (χ1n) is 24.7. The molecule has 0 radical (unpaired) electrons. The molecule has 0 aliphatic heterocycles. The molecule has 3 N–H and O–H groups in total. The molecule has 0 amide bonds. The van der Waals surface area contributed by atoms with Crippen molar-refractivity contribution in [3.8, 4) is 0 Å². The second kappa shape index (κ2) is 44.3. The molecule has 0 saturated carbocycles. The van der Waals surface area contributed by atoms with Gasteiger partial charge in [0.25, 0.3) is 0 Å². The van der Waals surface area contributed by atoms with Crippen LogP contribution in [-0.2, 0) is 18.9 Å². The molecule has 0 rings (SSSR count). The fourth-order valence-corrected chi connectivity index (χ4v) is 7.49. The van der Waals surface area contributed by atoms with Crippen molar-refractivity contribution in [2.45, 2.75) is 233 Å². The fraction of sp³-hybridized carbons (Fsp3) is 1.00. The van der Waals surface area contributed by atoms with Crippen molar-refractivity contribution in [1.29, 1.82) is 0 Å². The van der Waals surface area contributed by atoms with Gasteiger partial charge in [0.1, 0.15) is 0 Å². The van der Waals surface area contributed by atoms with Gasteiger partial charge in [-0.25, -0.2) is 0 Å². The highest BCUT2D eigenvalue weighted by Gasteiger charge is 2.35. The number of rotatable bonds is 49. The summed E-state index contributed by atoms with van der Waals surface area (Å²) in [5, 5.41) is 29.8. The van der Waals surface area contributed by atoms with Crippen molar-refractivity contribution >= 4 is 0 Å². The van der Waals surface area contributed by atoms with Crippen LogP contribution >= 0.6 is 0 Å². The maximum Gasteiger partial charge on any atom is 0.0637 e. The Bertz CT molecular complexity index is 649. The number of hydrogen-bond acceptors (Lipinski definition) is 7. The average molecular weight is 801 g/mol. The molecule has 338 valence electrons. The second-order valence-corrected chi connectivity index (χ2v) is 17.7. The van der Waals surface area contributed by atoms with Crippen LogP contribution in [0, 0.1) is 10.8 Å². The van der Waals surface area contributed by atoms with Crippen molar-refractivity contribution in [3.63, 3.8) is 0 Å². The highest BCUT2D eigenvalue weighted by Crippen LogP contribution is 2.25. The Morgan fingerprint density at radius 3 is 0.679 bits per heavy atom. The lowest BCUT2D eigenvalue weighted by Crippen LogP contribution is -2.45. The fourth-order valence-electron chi connectivity index (χ4n) is 7.49. The molecule has 0 aromatic carbocycles. The van der Waals surface area contributed by atoms with Gasteiger partial charge < -0.3 is 34.3 Å². The predicted molar refractivity (Wildman–Crippen MR) is 239 cm³/mol. The monoisotopic (exact) mass is 801 g/mol. The zero-order valence-electron chi connectivity index (χ0n) is 38.1. The quantitative estimate of drug-likeness (QED) is 0.0527. The molecule has 0 fully saturated rings. The normalized spacial score (nSPS) is 12.3. The number of aliphatic hydroxyl groups is 3. The van der Waals surface area contributed by atoms with Crippen LogP contribution in [0.5, 0.6) is 0 Å². The maximum absolute atomic E-state index is 9.94. The summed E-state index contributed by atoms with van der Waals surface area (Å²) in [4.78, 5) is 0. The Labute approximate surface area is 349 Å². The topological polar surface area (TPSA) is 97.6 Å². The largest absolute Gasteiger partial charge is 0.396 e. The van der Waals surface area contributed by atoms with Crippen LogP contribution in [0.1, 0.15) is 233 Å². The molecular formula is C49H100O7. The van der Waals surface area contributed by atoms with E-state index in [0.29, 0.717) is 46.2 Å². The molecule has 0 bridgehead atoms. The SMILES string of the molecule is CCCCCCCCCCCCCOCC(COCCCCCCCCCCCCC)(COCCCCCCCCCCCCC)COCC(CO)(CO)CO. The molecule has 0 unspecified atom stereocenters. The van der Waals surface area contributed by atoms with Gasteiger partial charge in [0.05, 0.1) is 63.7 Å². The highest BCUT2D eigenvalue weighted by atomic mass is 16.5. The van der Waals surface area contributed by atoms with Gasteiger partial charge in [-0.15, -0.1) is 0 Å². The number of ether oxygens (including phenoxy) is 4. The van der Waals surface area contributed by atoms with Crippen LogP contribution in [0.25, 0.3) is 0 Å². The van der Waals surface area contributed by atoms with E-state index >= 15 is 0 Å². The van der Waals surface area contributed by atoms with E-state index in [4.69, 9.17) is 18.9 Å². The lowest BCUT2D eigenvalue weighted by atomic mass is 9.90. The molecule has 0 atom stereocenters. The second-order valence-electron chi connectivity index (χ2n) is 17.7. The smallest absolute Gasteiger partial charge is 0.0637 e. The van der Waals surface area contributed by atoms with Crippen molar-refractivity contribution in [2.24, 2.45) is 10.8 Å². The molecule has 0 saturated heterocycles. The van der Waals surface area contributed by atoms with Crippen molar-refractivity contribution < 1.29 is 34.3 Å². The molecule has 7 nitrogen and oxygen atoms in total. The van der Waals surface area contributed by atoms with Crippen LogP contribution in [0.4, 0.5) is 0 Å². The van der Waals surface area contributed by atoms with Gasteiger partial charge in [-0.3, -0.25) is 0 Å². The number of unbranched alkanes of at least 4 members (excludes halogenated alkanes) is 30. The molecule has 0 spiro atoms.